The van der Waals surface area contributed by atoms with Crippen LogP contribution in [0.15, 0.2) is 182 Å². The molecule has 0 amide bonds. The summed E-state index contributed by atoms with van der Waals surface area (Å²) < 4.78 is 0. The monoisotopic (exact) mass is 582 g/mol. The molecule has 0 aliphatic rings. The third-order valence-electron chi connectivity index (χ3n) is 6.09. The number of hydrogen-bond donors (Lipinski definition) is 0. The average molecular weight is 583 g/mol. The van der Waals surface area contributed by atoms with Crippen LogP contribution in [0, 0.1) is 0 Å². The van der Waals surface area contributed by atoms with Crippen molar-refractivity contribution in [2.24, 2.45) is 0 Å². The first-order valence-corrected chi connectivity index (χ1v) is 15.5. The Kier molecular flexibility index (Phi) is 11.3. The second kappa shape index (κ2) is 15.3. The van der Waals surface area contributed by atoms with Crippen LogP contribution in [0.25, 0.3) is 0 Å². The van der Waals surface area contributed by atoms with Gasteiger partial charge in [-0.05, 0) is 47.7 Å². The first kappa shape index (κ1) is 28.7. The fourth-order valence-corrected chi connectivity index (χ4v) is 8.97. The minimum atomic E-state index is -0.446. The van der Waals surface area contributed by atoms with Gasteiger partial charge in [0.15, 0.2) is 0 Å². The zero-order valence-electron chi connectivity index (χ0n) is 21.5. The maximum Gasteiger partial charge on any atom is 0 e. The van der Waals surface area contributed by atoms with Crippen LogP contribution >= 0.6 is 15.8 Å². The van der Waals surface area contributed by atoms with Crippen molar-refractivity contribution in [2.75, 3.05) is 0 Å². The number of hydrogen-bond acceptors (Lipinski definition) is 0. The zero-order chi connectivity index (χ0) is 25.8. The van der Waals surface area contributed by atoms with Gasteiger partial charge in [-0.3, -0.25) is 0 Å². The molecule has 0 unspecified atom stereocenters. The number of rotatable bonds is 6. The van der Waals surface area contributed by atoms with E-state index in [2.05, 4.69) is 182 Å². The van der Waals surface area contributed by atoms with Crippen molar-refractivity contribution in [1.29, 1.82) is 0 Å². The molecule has 0 aliphatic heterocycles. The van der Waals surface area contributed by atoms with Crippen LogP contribution in [0.3, 0.4) is 0 Å². The molecule has 0 radical (unpaired) electrons. The van der Waals surface area contributed by atoms with Gasteiger partial charge in [0.25, 0.3) is 0 Å². The summed E-state index contributed by atoms with van der Waals surface area (Å²) in [4.78, 5) is 0. The summed E-state index contributed by atoms with van der Waals surface area (Å²) in [6.07, 6.45) is 0. The Morgan fingerprint density at radius 1 is 0.205 bits per heavy atom. The third-order valence-corrected chi connectivity index (χ3v) is 11.0. The van der Waals surface area contributed by atoms with Crippen molar-refractivity contribution in [1.82, 2.24) is 0 Å². The van der Waals surface area contributed by atoms with E-state index >= 15 is 0 Å². The number of benzene rings is 6. The molecule has 6 aromatic carbocycles. The molecule has 6 aromatic rings. The van der Waals surface area contributed by atoms with E-state index in [4.69, 9.17) is 0 Å². The van der Waals surface area contributed by atoms with Gasteiger partial charge in [-0.2, -0.15) is 0 Å². The first-order chi connectivity index (χ1) is 18.9. The van der Waals surface area contributed by atoms with Gasteiger partial charge in [-0.1, -0.05) is 182 Å². The largest absolute Gasteiger partial charge is 0.0622 e. The molecule has 194 valence electrons. The predicted molar refractivity (Wildman–Crippen MR) is 170 cm³/mol. The van der Waals surface area contributed by atoms with E-state index in [1.54, 1.807) is 0 Å². The molecule has 0 heterocycles. The smallest absolute Gasteiger partial charge is 0 e. The molecule has 0 saturated heterocycles. The van der Waals surface area contributed by atoms with Crippen molar-refractivity contribution >= 4 is 47.7 Å². The molecule has 3 heteroatoms. The summed E-state index contributed by atoms with van der Waals surface area (Å²) in [5.41, 5.74) is 0. The van der Waals surface area contributed by atoms with Crippen molar-refractivity contribution in [3.63, 3.8) is 0 Å². The molecular formula is C36H30NiP2. The van der Waals surface area contributed by atoms with E-state index < -0.39 is 15.8 Å². The molecule has 0 saturated carbocycles. The van der Waals surface area contributed by atoms with Gasteiger partial charge in [0.1, 0.15) is 0 Å². The fourth-order valence-electron chi connectivity index (χ4n) is 4.36. The summed E-state index contributed by atoms with van der Waals surface area (Å²) in [6.45, 7) is 0. The van der Waals surface area contributed by atoms with Crippen LogP contribution in [0.4, 0.5) is 0 Å². The summed E-state index contributed by atoms with van der Waals surface area (Å²) >= 11 is 0. The van der Waals surface area contributed by atoms with E-state index in [1.807, 2.05) is 0 Å². The molecule has 0 spiro atoms. The SMILES string of the molecule is [Ni].c1ccc(P(c2ccccc2)c2ccccc2)cc1.c1ccc(P(c2ccccc2)c2ccccc2)cc1. The van der Waals surface area contributed by atoms with Crippen LogP contribution in [0.5, 0.6) is 0 Å². The second-order valence-electron chi connectivity index (χ2n) is 8.68. The minimum Gasteiger partial charge on any atom is -0.0622 e. The summed E-state index contributed by atoms with van der Waals surface area (Å²) in [5.74, 6) is 0. The average Bonchev–Trinajstić information content (AvgIpc) is 3.01. The minimum absolute atomic E-state index is 0. The summed E-state index contributed by atoms with van der Waals surface area (Å²) in [6, 6.07) is 64.7. The van der Waals surface area contributed by atoms with E-state index in [-0.39, 0.29) is 16.5 Å². The molecular weight excluding hydrogens is 553 g/mol. The van der Waals surface area contributed by atoms with Gasteiger partial charge in [0, 0.05) is 16.5 Å². The molecule has 0 fully saturated rings. The van der Waals surface area contributed by atoms with Gasteiger partial charge in [-0.25, -0.2) is 0 Å². The molecule has 0 N–H and O–H groups in total. The van der Waals surface area contributed by atoms with E-state index in [0.717, 1.165) is 0 Å². The van der Waals surface area contributed by atoms with Gasteiger partial charge >= 0.3 is 0 Å². The van der Waals surface area contributed by atoms with Crippen LogP contribution in [-0.2, 0) is 16.5 Å². The molecule has 0 atom stereocenters. The van der Waals surface area contributed by atoms with Crippen molar-refractivity contribution in [2.45, 2.75) is 0 Å². The molecule has 0 bridgehead atoms. The van der Waals surface area contributed by atoms with Crippen molar-refractivity contribution in [3.8, 4) is 0 Å². The van der Waals surface area contributed by atoms with Crippen LogP contribution in [0.2, 0.25) is 0 Å². The Hall–Kier alpha value is -3.33. The molecule has 0 nitrogen and oxygen atoms in total. The second-order valence-corrected chi connectivity index (χ2v) is 13.1. The van der Waals surface area contributed by atoms with Gasteiger partial charge in [0.05, 0.1) is 0 Å². The Morgan fingerprint density at radius 2 is 0.333 bits per heavy atom. The van der Waals surface area contributed by atoms with Crippen molar-refractivity contribution < 1.29 is 16.5 Å². The normalized spacial score (nSPS) is 10.3. The topological polar surface area (TPSA) is 0 Å². The zero-order valence-corrected chi connectivity index (χ0v) is 24.3. The van der Waals surface area contributed by atoms with Gasteiger partial charge < -0.3 is 0 Å². The standard InChI is InChI=1S/2C18H15P.Ni/c2*1-4-10-16(11-5-1)19(17-12-6-2-7-13-17)18-14-8-3-9-15-18;/h2*1-15H;. The third kappa shape index (κ3) is 7.85. The van der Waals surface area contributed by atoms with E-state index in [1.165, 1.54) is 31.8 Å². The predicted octanol–water partition coefficient (Wildman–Crippen LogP) is 6.89. The Labute approximate surface area is 245 Å². The summed E-state index contributed by atoms with van der Waals surface area (Å²) in [7, 11) is -0.892. The first-order valence-electron chi connectivity index (χ1n) is 12.8. The maximum absolute atomic E-state index is 2.23. The quantitative estimate of drug-likeness (QED) is 0.148. The van der Waals surface area contributed by atoms with Crippen LogP contribution < -0.4 is 31.8 Å². The van der Waals surface area contributed by atoms with Crippen LogP contribution in [0.1, 0.15) is 0 Å². The fraction of sp³-hybridized carbons (Fsp3) is 0. The molecule has 0 aliphatic carbocycles. The van der Waals surface area contributed by atoms with Gasteiger partial charge in [-0.15, -0.1) is 0 Å². The molecule has 0 aromatic heterocycles. The Balaban J connectivity index is 0.000000176. The Bertz CT molecular complexity index is 1170. The van der Waals surface area contributed by atoms with E-state index in [0.29, 0.717) is 0 Å². The maximum atomic E-state index is 2.23. The Morgan fingerprint density at radius 3 is 0.462 bits per heavy atom. The summed E-state index contributed by atoms with van der Waals surface area (Å²) in [5, 5.41) is 8.39. The molecule has 6 rings (SSSR count). The molecule has 39 heavy (non-hydrogen) atoms. The van der Waals surface area contributed by atoms with Crippen molar-refractivity contribution in [3.05, 3.63) is 182 Å². The van der Waals surface area contributed by atoms with Crippen LogP contribution in [-0.4, -0.2) is 0 Å². The van der Waals surface area contributed by atoms with E-state index in [9.17, 15) is 0 Å². The van der Waals surface area contributed by atoms with Gasteiger partial charge in [0.2, 0.25) is 0 Å².